The van der Waals surface area contributed by atoms with Gasteiger partial charge in [-0.1, -0.05) is 43.6 Å². The second-order valence-electron chi connectivity index (χ2n) is 7.71. The van der Waals surface area contributed by atoms with Gasteiger partial charge in [-0.3, -0.25) is 4.79 Å². The van der Waals surface area contributed by atoms with Crippen LogP contribution >= 0.6 is 11.6 Å². The molecule has 1 heterocycles. The van der Waals surface area contributed by atoms with Crippen LogP contribution in [0.4, 0.5) is 5.69 Å². The number of piperidine rings is 1. The number of benzene rings is 2. The number of hydrogen-bond donors (Lipinski definition) is 1. The number of para-hydroxylation sites is 1. The number of sulfonamides is 1. The second-order valence-corrected chi connectivity index (χ2v) is 10.0. The summed E-state index contributed by atoms with van der Waals surface area (Å²) in [4.78, 5) is 12.8. The van der Waals surface area contributed by atoms with E-state index in [0.29, 0.717) is 29.3 Å². The Balaban J connectivity index is 1.72. The number of anilines is 1. The molecule has 1 N–H and O–H groups in total. The van der Waals surface area contributed by atoms with Gasteiger partial charge in [-0.2, -0.15) is 4.31 Å². The topological polar surface area (TPSA) is 75.7 Å². The lowest BCUT2D eigenvalue weighted by molar-refractivity contribution is -0.120. The third kappa shape index (κ3) is 4.79. The zero-order chi connectivity index (χ0) is 21.9. The number of halogens is 1. The van der Waals surface area contributed by atoms with Crippen molar-refractivity contribution in [2.75, 3.05) is 25.5 Å². The lowest BCUT2D eigenvalue weighted by Gasteiger charge is -2.31. The highest BCUT2D eigenvalue weighted by Gasteiger charge is 2.34. The number of hydrogen-bond acceptors (Lipinski definition) is 4. The standard InChI is InChI=1S/C22H27ClN2O4S/c1-15(2)17-8-9-20(29-3)21(14-17)30(27,28)25-12-10-16(11-13-25)22(26)24-19-7-5-4-6-18(19)23/h4-9,14-16H,10-13H2,1-3H3,(H,24,26). The molecule has 0 atom stereocenters. The highest BCUT2D eigenvalue weighted by molar-refractivity contribution is 7.89. The van der Waals surface area contributed by atoms with Crippen molar-refractivity contribution in [1.82, 2.24) is 4.31 Å². The van der Waals surface area contributed by atoms with Crippen LogP contribution < -0.4 is 10.1 Å². The first kappa shape index (κ1) is 22.6. The van der Waals surface area contributed by atoms with Gasteiger partial charge in [-0.25, -0.2) is 8.42 Å². The van der Waals surface area contributed by atoms with Gasteiger partial charge in [-0.15, -0.1) is 0 Å². The van der Waals surface area contributed by atoms with Crippen LogP contribution in [0, 0.1) is 5.92 Å². The molecule has 2 aromatic carbocycles. The van der Waals surface area contributed by atoms with Gasteiger partial charge in [0.25, 0.3) is 0 Å². The van der Waals surface area contributed by atoms with Gasteiger partial charge in [0.15, 0.2) is 0 Å². The maximum atomic E-state index is 13.3. The van der Waals surface area contributed by atoms with Gasteiger partial charge in [0.1, 0.15) is 10.6 Å². The van der Waals surface area contributed by atoms with Crippen molar-refractivity contribution in [3.63, 3.8) is 0 Å². The Morgan fingerprint density at radius 3 is 2.43 bits per heavy atom. The Labute approximate surface area is 183 Å². The molecule has 1 aliphatic rings. The van der Waals surface area contributed by atoms with E-state index in [1.165, 1.54) is 11.4 Å². The van der Waals surface area contributed by atoms with E-state index in [1.54, 1.807) is 36.4 Å². The van der Waals surface area contributed by atoms with E-state index >= 15 is 0 Å². The summed E-state index contributed by atoms with van der Waals surface area (Å²) < 4.78 is 33.3. The molecular formula is C22H27ClN2O4S. The molecule has 1 amide bonds. The molecule has 1 aliphatic heterocycles. The maximum Gasteiger partial charge on any atom is 0.246 e. The predicted molar refractivity (Wildman–Crippen MR) is 119 cm³/mol. The molecule has 0 aromatic heterocycles. The molecule has 0 aliphatic carbocycles. The fourth-order valence-electron chi connectivity index (χ4n) is 3.55. The van der Waals surface area contributed by atoms with Crippen molar-refractivity contribution in [2.45, 2.75) is 37.5 Å². The van der Waals surface area contributed by atoms with Crippen molar-refractivity contribution < 1.29 is 17.9 Å². The summed E-state index contributed by atoms with van der Waals surface area (Å²) in [5, 5.41) is 3.32. The Kier molecular flexibility index (Phi) is 7.06. The number of carbonyl (C=O) groups is 1. The first-order valence-electron chi connectivity index (χ1n) is 9.97. The molecular weight excluding hydrogens is 424 g/mol. The van der Waals surface area contributed by atoms with Crippen LogP contribution in [0.15, 0.2) is 47.4 Å². The van der Waals surface area contributed by atoms with E-state index in [4.69, 9.17) is 16.3 Å². The molecule has 1 fully saturated rings. The smallest absolute Gasteiger partial charge is 0.246 e. The predicted octanol–water partition coefficient (Wildman–Crippen LogP) is 4.51. The highest BCUT2D eigenvalue weighted by atomic mass is 35.5. The van der Waals surface area contributed by atoms with Crippen LogP contribution in [0.3, 0.4) is 0 Å². The molecule has 8 heteroatoms. The van der Waals surface area contributed by atoms with Crippen LogP contribution in [0.1, 0.15) is 38.2 Å². The zero-order valence-electron chi connectivity index (χ0n) is 17.4. The molecule has 0 saturated carbocycles. The van der Waals surface area contributed by atoms with Crippen LogP contribution in [0.2, 0.25) is 5.02 Å². The average molecular weight is 451 g/mol. The Morgan fingerprint density at radius 1 is 1.17 bits per heavy atom. The fraction of sp³-hybridized carbons (Fsp3) is 0.409. The summed E-state index contributed by atoms with van der Waals surface area (Å²) in [6, 6.07) is 12.3. The minimum atomic E-state index is -3.72. The Hall–Kier alpha value is -2.09. The molecule has 2 aromatic rings. The normalized spacial score (nSPS) is 15.9. The summed E-state index contributed by atoms with van der Waals surface area (Å²) in [5.41, 5.74) is 1.50. The van der Waals surface area contributed by atoms with Crippen molar-refractivity contribution >= 4 is 33.2 Å². The van der Waals surface area contributed by atoms with E-state index in [1.807, 2.05) is 19.9 Å². The Bertz CT molecular complexity index is 1020. The molecule has 3 rings (SSSR count). The number of carbonyl (C=O) groups excluding carboxylic acids is 1. The van der Waals surface area contributed by atoms with E-state index in [9.17, 15) is 13.2 Å². The van der Waals surface area contributed by atoms with Crippen molar-refractivity contribution in [1.29, 1.82) is 0 Å². The molecule has 162 valence electrons. The number of ether oxygens (including phenoxy) is 1. The van der Waals surface area contributed by atoms with Gasteiger partial charge < -0.3 is 10.1 Å². The summed E-state index contributed by atoms with van der Waals surface area (Å²) in [5.74, 6) is 0.123. The van der Waals surface area contributed by atoms with E-state index in [-0.39, 0.29) is 35.7 Å². The molecule has 0 bridgehead atoms. The minimum Gasteiger partial charge on any atom is -0.495 e. The van der Waals surface area contributed by atoms with Gasteiger partial charge in [0, 0.05) is 19.0 Å². The first-order valence-corrected chi connectivity index (χ1v) is 11.8. The number of nitrogens with zero attached hydrogens (tertiary/aromatic N) is 1. The van der Waals surface area contributed by atoms with Gasteiger partial charge in [0.05, 0.1) is 17.8 Å². The minimum absolute atomic E-state index is 0.139. The number of nitrogens with one attached hydrogen (secondary N) is 1. The number of methoxy groups -OCH3 is 1. The molecule has 6 nitrogen and oxygen atoms in total. The lowest BCUT2D eigenvalue weighted by Crippen LogP contribution is -2.41. The van der Waals surface area contributed by atoms with Crippen molar-refractivity contribution in [2.24, 2.45) is 5.92 Å². The van der Waals surface area contributed by atoms with E-state index < -0.39 is 10.0 Å². The van der Waals surface area contributed by atoms with Crippen molar-refractivity contribution in [3.8, 4) is 5.75 Å². The third-order valence-corrected chi connectivity index (χ3v) is 7.68. The number of amides is 1. The highest BCUT2D eigenvalue weighted by Crippen LogP contribution is 2.32. The molecule has 0 radical (unpaired) electrons. The molecule has 30 heavy (non-hydrogen) atoms. The maximum absolute atomic E-state index is 13.3. The average Bonchev–Trinajstić information content (AvgIpc) is 2.74. The van der Waals surface area contributed by atoms with E-state index in [2.05, 4.69) is 5.32 Å². The molecule has 1 saturated heterocycles. The SMILES string of the molecule is COc1ccc(C(C)C)cc1S(=O)(=O)N1CCC(C(=O)Nc2ccccc2Cl)CC1. The zero-order valence-corrected chi connectivity index (χ0v) is 19.0. The molecule has 0 unspecified atom stereocenters. The van der Waals surface area contributed by atoms with Crippen LogP contribution in [0.25, 0.3) is 0 Å². The van der Waals surface area contributed by atoms with Gasteiger partial charge in [-0.05, 0) is 48.6 Å². The lowest BCUT2D eigenvalue weighted by atomic mass is 9.97. The van der Waals surface area contributed by atoms with Gasteiger partial charge in [0.2, 0.25) is 15.9 Å². The monoisotopic (exact) mass is 450 g/mol. The van der Waals surface area contributed by atoms with Crippen LogP contribution in [0.5, 0.6) is 5.75 Å². The second kappa shape index (κ2) is 9.37. The summed E-state index contributed by atoms with van der Waals surface area (Å²) >= 11 is 6.11. The summed E-state index contributed by atoms with van der Waals surface area (Å²) in [6.07, 6.45) is 0.892. The Morgan fingerprint density at radius 2 is 1.83 bits per heavy atom. The quantitative estimate of drug-likeness (QED) is 0.702. The van der Waals surface area contributed by atoms with Crippen LogP contribution in [-0.2, 0) is 14.8 Å². The molecule has 0 spiro atoms. The van der Waals surface area contributed by atoms with Crippen molar-refractivity contribution in [3.05, 3.63) is 53.1 Å². The first-order chi connectivity index (χ1) is 14.2. The summed E-state index contributed by atoms with van der Waals surface area (Å²) in [6.45, 7) is 4.58. The largest absolute Gasteiger partial charge is 0.495 e. The van der Waals surface area contributed by atoms with Crippen LogP contribution in [-0.4, -0.2) is 38.8 Å². The fourth-order valence-corrected chi connectivity index (χ4v) is 5.39. The van der Waals surface area contributed by atoms with E-state index in [0.717, 1.165) is 5.56 Å². The number of rotatable bonds is 6. The van der Waals surface area contributed by atoms with Gasteiger partial charge >= 0.3 is 0 Å². The third-order valence-electron chi connectivity index (χ3n) is 5.43. The summed E-state index contributed by atoms with van der Waals surface area (Å²) in [7, 11) is -2.25.